The van der Waals surface area contributed by atoms with Crippen molar-refractivity contribution >= 4 is 5.91 Å². The summed E-state index contributed by atoms with van der Waals surface area (Å²) in [6, 6.07) is 8.43. The quantitative estimate of drug-likeness (QED) is 0.711. The molecule has 0 fully saturated rings. The van der Waals surface area contributed by atoms with Crippen LogP contribution < -0.4 is 10.6 Å². The Hall–Kier alpha value is -1.35. The summed E-state index contributed by atoms with van der Waals surface area (Å²) in [7, 11) is 0. The number of carbonyl (C=O) groups is 1. The van der Waals surface area contributed by atoms with E-state index in [9.17, 15) is 4.79 Å². The number of amides is 1. The van der Waals surface area contributed by atoms with Crippen LogP contribution in [0.4, 0.5) is 0 Å². The monoisotopic (exact) mass is 206 g/mol. The number of benzene rings is 1. The van der Waals surface area contributed by atoms with Crippen LogP contribution in [-0.2, 0) is 11.3 Å². The summed E-state index contributed by atoms with van der Waals surface area (Å²) in [6.45, 7) is 5.93. The molecule has 3 heteroatoms. The Morgan fingerprint density at radius 2 is 1.87 bits per heavy atom. The Morgan fingerprint density at radius 1 is 1.20 bits per heavy atom. The van der Waals surface area contributed by atoms with Gasteiger partial charge >= 0.3 is 0 Å². The maximum absolute atomic E-state index is 10.6. The molecule has 0 spiro atoms. The topological polar surface area (TPSA) is 41.1 Å². The van der Waals surface area contributed by atoms with E-state index in [1.54, 1.807) is 0 Å². The molecule has 0 aliphatic rings. The second-order valence-corrected chi connectivity index (χ2v) is 3.65. The van der Waals surface area contributed by atoms with Crippen molar-refractivity contribution in [3.8, 4) is 0 Å². The van der Waals surface area contributed by atoms with Gasteiger partial charge in [0.05, 0.1) is 0 Å². The van der Waals surface area contributed by atoms with E-state index in [0.29, 0.717) is 6.54 Å². The minimum Gasteiger partial charge on any atom is -0.355 e. The highest BCUT2D eigenvalue weighted by Gasteiger charge is 1.92. The van der Waals surface area contributed by atoms with E-state index in [-0.39, 0.29) is 5.91 Å². The van der Waals surface area contributed by atoms with E-state index in [1.165, 1.54) is 18.1 Å². The molecular weight excluding hydrogens is 188 g/mol. The fourth-order valence-electron chi connectivity index (χ4n) is 1.27. The van der Waals surface area contributed by atoms with E-state index in [4.69, 9.17) is 0 Å². The first kappa shape index (κ1) is 11.7. The van der Waals surface area contributed by atoms with E-state index in [2.05, 4.69) is 41.8 Å². The highest BCUT2D eigenvalue weighted by molar-refractivity contribution is 5.72. The van der Waals surface area contributed by atoms with Gasteiger partial charge in [0.15, 0.2) is 0 Å². The van der Waals surface area contributed by atoms with Gasteiger partial charge in [-0.05, 0) is 12.5 Å². The molecule has 0 saturated heterocycles. The lowest BCUT2D eigenvalue weighted by Gasteiger charge is -2.05. The van der Waals surface area contributed by atoms with Gasteiger partial charge in [-0.2, -0.15) is 0 Å². The summed E-state index contributed by atoms with van der Waals surface area (Å²) >= 11 is 0. The molecule has 15 heavy (non-hydrogen) atoms. The third-order valence-corrected chi connectivity index (χ3v) is 2.13. The molecule has 82 valence electrons. The molecule has 0 radical (unpaired) electrons. The van der Waals surface area contributed by atoms with E-state index < -0.39 is 0 Å². The molecule has 0 bridgehead atoms. The van der Waals surface area contributed by atoms with Crippen molar-refractivity contribution in [1.29, 1.82) is 0 Å². The molecule has 0 heterocycles. The lowest BCUT2D eigenvalue weighted by Crippen LogP contribution is -2.29. The lowest BCUT2D eigenvalue weighted by atomic mass is 10.1. The molecule has 1 aromatic rings. The molecule has 1 aromatic carbocycles. The van der Waals surface area contributed by atoms with Crippen molar-refractivity contribution in [2.45, 2.75) is 20.4 Å². The van der Waals surface area contributed by atoms with Crippen LogP contribution in [0.1, 0.15) is 18.1 Å². The van der Waals surface area contributed by atoms with Crippen LogP contribution in [0.15, 0.2) is 24.3 Å². The average Bonchev–Trinajstić information content (AvgIpc) is 2.20. The zero-order chi connectivity index (χ0) is 11.1. The van der Waals surface area contributed by atoms with Crippen LogP contribution in [0, 0.1) is 6.92 Å². The zero-order valence-electron chi connectivity index (χ0n) is 9.34. The fourth-order valence-corrected chi connectivity index (χ4v) is 1.27. The van der Waals surface area contributed by atoms with Crippen molar-refractivity contribution in [2.75, 3.05) is 13.1 Å². The molecule has 1 rings (SSSR count). The summed E-state index contributed by atoms with van der Waals surface area (Å²) in [6.07, 6.45) is 0. The first-order chi connectivity index (χ1) is 7.18. The second-order valence-electron chi connectivity index (χ2n) is 3.65. The zero-order valence-corrected chi connectivity index (χ0v) is 9.34. The van der Waals surface area contributed by atoms with Gasteiger partial charge in [-0.25, -0.2) is 0 Å². The fraction of sp³-hybridized carbons (Fsp3) is 0.417. The largest absolute Gasteiger partial charge is 0.355 e. The van der Waals surface area contributed by atoms with Gasteiger partial charge in [0, 0.05) is 26.6 Å². The van der Waals surface area contributed by atoms with E-state index in [0.717, 1.165) is 13.1 Å². The van der Waals surface area contributed by atoms with Gasteiger partial charge in [-0.1, -0.05) is 29.8 Å². The van der Waals surface area contributed by atoms with Crippen molar-refractivity contribution in [2.24, 2.45) is 0 Å². The molecule has 1 amide bonds. The van der Waals surface area contributed by atoms with Crippen LogP contribution in [0.5, 0.6) is 0 Å². The summed E-state index contributed by atoms with van der Waals surface area (Å²) in [5.74, 6) is 0.0205. The van der Waals surface area contributed by atoms with Gasteiger partial charge in [0.2, 0.25) is 5.91 Å². The van der Waals surface area contributed by atoms with Gasteiger partial charge in [0.25, 0.3) is 0 Å². The van der Waals surface area contributed by atoms with Crippen molar-refractivity contribution in [3.05, 3.63) is 35.4 Å². The minimum atomic E-state index is 0.0205. The number of nitrogens with one attached hydrogen (secondary N) is 2. The minimum absolute atomic E-state index is 0.0205. The maximum Gasteiger partial charge on any atom is 0.216 e. The molecule has 2 N–H and O–H groups in total. The van der Waals surface area contributed by atoms with E-state index in [1.807, 2.05) is 0 Å². The number of aryl methyl sites for hydroxylation is 1. The van der Waals surface area contributed by atoms with E-state index >= 15 is 0 Å². The Balaban J connectivity index is 2.15. The predicted molar refractivity (Wildman–Crippen MR) is 61.6 cm³/mol. The van der Waals surface area contributed by atoms with Gasteiger partial charge in [-0.15, -0.1) is 0 Å². The lowest BCUT2D eigenvalue weighted by molar-refractivity contribution is -0.118. The normalized spacial score (nSPS) is 10.0. The molecule has 0 unspecified atom stereocenters. The summed E-state index contributed by atoms with van der Waals surface area (Å²) in [5.41, 5.74) is 2.54. The molecular formula is C12H18N2O. The first-order valence-electron chi connectivity index (χ1n) is 5.19. The second kappa shape index (κ2) is 6.19. The highest BCUT2D eigenvalue weighted by atomic mass is 16.1. The Morgan fingerprint density at radius 3 is 2.47 bits per heavy atom. The number of rotatable bonds is 5. The van der Waals surface area contributed by atoms with Crippen LogP contribution in [0.3, 0.4) is 0 Å². The van der Waals surface area contributed by atoms with Crippen LogP contribution >= 0.6 is 0 Å². The molecule has 0 aliphatic carbocycles. The standard InChI is InChI=1S/C12H18N2O/c1-10-3-5-12(6-4-10)9-13-7-8-14-11(2)15/h3-6,13H,7-9H2,1-2H3,(H,14,15). The molecule has 3 nitrogen and oxygen atoms in total. The number of hydrogen-bond acceptors (Lipinski definition) is 2. The Bertz CT molecular complexity index is 306. The molecule has 0 aliphatic heterocycles. The van der Waals surface area contributed by atoms with Gasteiger partial charge in [0.1, 0.15) is 0 Å². The number of carbonyl (C=O) groups excluding carboxylic acids is 1. The van der Waals surface area contributed by atoms with Crippen molar-refractivity contribution < 1.29 is 4.79 Å². The smallest absolute Gasteiger partial charge is 0.216 e. The third-order valence-electron chi connectivity index (χ3n) is 2.13. The van der Waals surface area contributed by atoms with Crippen molar-refractivity contribution in [3.63, 3.8) is 0 Å². The first-order valence-corrected chi connectivity index (χ1v) is 5.19. The SMILES string of the molecule is CC(=O)NCCNCc1ccc(C)cc1. The maximum atomic E-state index is 10.6. The summed E-state index contributed by atoms with van der Waals surface area (Å²) in [4.78, 5) is 10.6. The summed E-state index contributed by atoms with van der Waals surface area (Å²) < 4.78 is 0. The summed E-state index contributed by atoms with van der Waals surface area (Å²) in [5, 5.41) is 6.00. The highest BCUT2D eigenvalue weighted by Crippen LogP contribution is 2.01. The molecule has 0 saturated carbocycles. The Kier molecular flexibility index (Phi) is 4.84. The molecule has 0 atom stereocenters. The average molecular weight is 206 g/mol. The van der Waals surface area contributed by atoms with Gasteiger partial charge < -0.3 is 10.6 Å². The van der Waals surface area contributed by atoms with Crippen LogP contribution in [0.25, 0.3) is 0 Å². The van der Waals surface area contributed by atoms with Crippen LogP contribution in [-0.4, -0.2) is 19.0 Å². The molecule has 0 aromatic heterocycles. The van der Waals surface area contributed by atoms with Gasteiger partial charge in [-0.3, -0.25) is 4.79 Å². The Labute approximate surface area is 90.9 Å². The number of hydrogen-bond donors (Lipinski definition) is 2. The predicted octanol–water partition coefficient (Wildman–Crippen LogP) is 1.22. The third kappa shape index (κ3) is 5.18. The van der Waals surface area contributed by atoms with Crippen molar-refractivity contribution in [1.82, 2.24) is 10.6 Å². The van der Waals surface area contributed by atoms with Crippen LogP contribution in [0.2, 0.25) is 0 Å².